The van der Waals surface area contributed by atoms with Gasteiger partial charge in [0.25, 0.3) is 0 Å². The van der Waals surface area contributed by atoms with E-state index in [0.717, 1.165) is 41.7 Å². The first kappa shape index (κ1) is 20.5. The molecule has 0 aliphatic carbocycles. The molecule has 2 aromatic rings. The molecule has 0 spiro atoms. The molecule has 2 N–H and O–H groups in total. The number of nitrogens with one attached hydrogen (secondary N) is 2. The second kappa shape index (κ2) is 9.30. The highest BCUT2D eigenvalue weighted by molar-refractivity contribution is 9.10. The molecular formula is C21H25BrN4O2. The third-order valence-corrected chi connectivity index (χ3v) is 5.56. The van der Waals surface area contributed by atoms with Crippen LogP contribution < -0.4 is 10.6 Å². The molecule has 1 aliphatic rings. The van der Waals surface area contributed by atoms with Crippen LogP contribution in [-0.4, -0.2) is 41.3 Å². The van der Waals surface area contributed by atoms with Gasteiger partial charge in [-0.05, 0) is 91.1 Å². The maximum Gasteiger partial charge on any atom is 0.238 e. The van der Waals surface area contributed by atoms with Crippen molar-refractivity contribution in [1.82, 2.24) is 9.88 Å². The number of hydrogen-bond acceptors (Lipinski definition) is 4. The maximum atomic E-state index is 12.4. The minimum atomic E-state index is -0.0514. The highest BCUT2D eigenvalue weighted by Gasteiger charge is 2.26. The number of nitrogens with zero attached hydrogens (tertiary/aromatic N) is 2. The van der Waals surface area contributed by atoms with Gasteiger partial charge in [0.1, 0.15) is 5.82 Å². The molecule has 148 valence electrons. The Morgan fingerprint density at radius 1 is 1.11 bits per heavy atom. The number of hydrogen-bond donors (Lipinski definition) is 2. The molecule has 7 heteroatoms. The van der Waals surface area contributed by atoms with Crippen LogP contribution in [0, 0.1) is 19.8 Å². The van der Waals surface area contributed by atoms with E-state index < -0.39 is 0 Å². The summed E-state index contributed by atoms with van der Waals surface area (Å²) >= 11 is 3.33. The lowest BCUT2D eigenvalue weighted by molar-refractivity contribution is -0.121. The largest absolute Gasteiger partial charge is 0.325 e. The van der Waals surface area contributed by atoms with Crippen LogP contribution in [0.15, 0.2) is 41.0 Å². The molecule has 0 radical (unpaired) electrons. The molecule has 0 saturated carbocycles. The van der Waals surface area contributed by atoms with Crippen LogP contribution in [0.25, 0.3) is 0 Å². The Hall–Kier alpha value is -2.25. The summed E-state index contributed by atoms with van der Waals surface area (Å²) in [6.45, 7) is 5.88. The van der Waals surface area contributed by atoms with Gasteiger partial charge in [0, 0.05) is 22.3 Å². The number of amides is 2. The molecular weight excluding hydrogens is 420 g/mol. The van der Waals surface area contributed by atoms with E-state index in [-0.39, 0.29) is 17.7 Å². The summed E-state index contributed by atoms with van der Waals surface area (Å²) in [4.78, 5) is 31.0. The standard InChI is InChI=1S/C21H25BrN4O2/c1-14-3-5-18(11-15(14)2)24-20(27)13-26-9-7-16(8-10-26)21(28)25-19-6-4-17(22)12-23-19/h3-6,11-12,16H,7-10,13H2,1-2H3,(H,24,27)(H,23,25,28). The van der Waals surface area contributed by atoms with Crippen molar-refractivity contribution in [2.24, 2.45) is 5.92 Å². The number of piperidine rings is 1. The van der Waals surface area contributed by atoms with Crippen molar-refractivity contribution in [3.05, 3.63) is 52.1 Å². The van der Waals surface area contributed by atoms with E-state index in [4.69, 9.17) is 0 Å². The summed E-state index contributed by atoms with van der Waals surface area (Å²) in [6, 6.07) is 9.54. The summed E-state index contributed by atoms with van der Waals surface area (Å²) in [6.07, 6.45) is 3.13. The number of likely N-dealkylation sites (tertiary alicyclic amines) is 1. The van der Waals surface area contributed by atoms with Gasteiger partial charge in [-0.25, -0.2) is 4.98 Å². The number of benzene rings is 1. The van der Waals surface area contributed by atoms with Crippen LogP contribution in [0.1, 0.15) is 24.0 Å². The SMILES string of the molecule is Cc1ccc(NC(=O)CN2CCC(C(=O)Nc3ccc(Br)cn3)CC2)cc1C. The maximum absolute atomic E-state index is 12.4. The minimum absolute atomic E-state index is 0.00551. The van der Waals surface area contributed by atoms with Crippen molar-refractivity contribution in [2.45, 2.75) is 26.7 Å². The van der Waals surface area contributed by atoms with Gasteiger partial charge in [-0.3, -0.25) is 14.5 Å². The summed E-state index contributed by atoms with van der Waals surface area (Å²) in [5.41, 5.74) is 3.19. The number of halogens is 1. The number of carbonyl (C=O) groups is 2. The Bertz CT molecular complexity index is 846. The molecule has 2 heterocycles. The Balaban J connectivity index is 1.44. The number of anilines is 2. The van der Waals surface area contributed by atoms with Gasteiger partial charge < -0.3 is 10.6 Å². The first-order valence-electron chi connectivity index (χ1n) is 9.42. The van der Waals surface area contributed by atoms with E-state index in [2.05, 4.69) is 36.4 Å². The zero-order chi connectivity index (χ0) is 20.1. The van der Waals surface area contributed by atoms with E-state index in [1.165, 1.54) is 5.56 Å². The van der Waals surface area contributed by atoms with Gasteiger partial charge in [0.05, 0.1) is 6.54 Å². The molecule has 1 fully saturated rings. The van der Waals surface area contributed by atoms with Gasteiger partial charge in [-0.15, -0.1) is 0 Å². The van der Waals surface area contributed by atoms with E-state index in [9.17, 15) is 9.59 Å². The van der Waals surface area contributed by atoms with Gasteiger partial charge in [0.15, 0.2) is 0 Å². The van der Waals surface area contributed by atoms with E-state index in [1.54, 1.807) is 12.3 Å². The Morgan fingerprint density at radius 3 is 2.50 bits per heavy atom. The summed E-state index contributed by atoms with van der Waals surface area (Å²) in [5, 5.41) is 5.82. The Kier molecular flexibility index (Phi) is 6.80. The molecule has 1 saturated heterocycles. The number of aryl methyl sites for hydroxylation is 2. The monoisotopic (exact) mass is 444 g/mol. The topological polar surface area (TPSA) is 74.3 Å². The summed E-state index contributed by atoms with van der Waals surface area (Å²) in [5.74, 6) is 0.479. The molecule has 2 amide bonds. The first-order valence-corrected chi connectivity index (χ1v) is 10.2. The lowest BCUT2D eigenvalue weighted by Crippen LogP contribution is -2.41. The van der Waals surface area contributed by atoms with Crippen molar-refractivity contribution in [2.75, 3.05) is 30.3 Å². The molecule has 3 rings (SSSR count). The van der Waals surface area contributed by atoms with E-state index in [1.807, 2.05) is 38.1 Å². The van der Waals surface area contributed by atoms with Crippen LogP contribution in [0.5, 0.6) is 0 Å². The van der Waals surface area contributed by atoms with Crippen molar-refractivity contribution in [3.63, 3.8) is 0 Å². The average molecular weight is 445 g/mol. The molecule has 1 aromatic heterocycles. The fraction of sp³-hybridized carbons (Fsp3) is 0.381. The van der Waals surface area contributed by atoms with Crippen LogP contribution in [0.4, 0.5) is 11.5 Å². The second-order valence-corrected chi connectivity index (χ2v) is 8.16. The Morgan fingerprint density at radius 2 is 1.86 bits per heavy atom. The van der Waals surface area contributed by atoms with Gasteiger partial charge >= 0.3 is 0 Å². The van der Waals surface area contributed by atoms with Gasteiger partial charge in [-0.2, -0.15) is 0 Å². The minimum Gasteiger partial charge on any atom is -0.325 e. The lowest BCUT2D eigenvalue weighted by atomic mass is 9.96. The zero-order valence-corrected chi connectivity index (χ0v) is 17.8. The fourth-order valence-electron chi connectivity index (χ4n) is 3.25. The predicted octanol–water partition coefficient (Wildman–Crippen LogP) is 3.75. The van der Waals surface area contributed by atoms with Gasteiger partial charge in [0.2, 0.25) is 11.8 Å². The fourth-order valence-corrected chi connectivity index (χ4v) is 3.49. The van der Waals surface area contributed by atoms with Crippen LogP contribution in [0.3, 0.4) is 0 Å². The van der Waals surface area contributed by atoms with Crippen LogP contribution >= 0.6 is 15.9 Å². The summed E-state index contributed by atoms with van der Waals surface area (Å²) in [7, 11) is 0. The van der Waals surface area contributed by atoms with Crippen molar-refractivity contribution in [3.8, 4) is 0 Å². The lowest BCUT2D eigenvalue weighted by Gasteiger charge is -2.30. The second-order valence-electron chi connectivity index (χ2n) is 7.25. The van der Waals surface area contributed by atoms with Gasteiger partial charge in [-0.1, -0.05) is 6.07 Å². The van der Waals surface area contributed by atoms with Crippen molar-refractivity contribution >= 4 is 39.2 Å². The zero-order valence-electron chi connectivity index (χ0n) is 16.2. The third kappa shape index (κ3) is 5.62. The van der Waals surface area contributed by atoms with Crippen molar-refractivity contribution < 1.29 is 9.59 Å². The highest BCUT2D eigenvalue weighted by atomic mass is 79.9. The molecule has 6 nitrogen and oxygen atoms in total. The molecule has 0 atom stereocenters. The quantitative estimate of drug-likeness (QED) is 0.736. The molecule has 0 bridgehead atoms. The van der Waals surface area contributed by atoms with E-state index in [0.29, 0.717) is 12.4 Å². The molecule has 0 unspecified atom stereocenters. The number of pyridine rings is 1. The highest BCUT2D eigenvalue weighted by Crippen LogP contribution is 2.20. The number of carbonyl (C=O) groups excluding carboxylic acids is 2. The smallest absolute Gasteiger partial charge is 0.238 e. The molecule has 1 aromatic carbocycles. The van der Waals surface area contributed by atoms with Crippen LogP contribution in [-0.2, 0) is 9.59 Å². The Labute approximate surface area is 173 Å². The van der Waals surface area contributed by atoms with Crippen molar-refractivity contribution in [1.29, 1.82) is 0 Å². The summed E-state index contributed by atoms with van der Waals surface area (Å²) < 4.78 is 0.873. The van der Waals surface area contributed by atoms with E-state index >= 15 is 0 Å². The predicted molar refractivity (Wildman–Crippen MR) is 114 cm³/mol. The number of rotatable bonds is 5. The number of aromatic nitrogens is 1. The van der Waals surface area contributed by atoms with Crippen LogP contribution in [0.2, 0.25) is 0 Å². The average Bonchev–Trinajstić information content (AvgIpc) is 2.67. The molecule has 1 aliphatic heterocycles. The molecule has 28 heavy (non-hydrogen) atoms. The normalized spacial score (nSPS) is 15.2. The third-order valence-electron chi connectivity index (χ3n) is 5.09. The first-order chi connectivity index (χ1) is 13.4.